The molecule has 0 bridgehead atoms. The monoisotopic (exact) mass is 208 g/mol. The van der Waals surface area contributed by atoms with Gasteiger partial charge >= 0.3 is 6.18 Å². The van der Waals surface area contributed by atoms with Crippen molar-refractivity contribution in [3.05, 3.63) is 18.2 Å². The topological polar surface area (TPSA) is 38.0 Å². The van der Waals surface area contributed by atoms with Crippen LogP contribution in [0, 0.1) is 0 Å². The molecule has 3 nitrogen and oxygen atoms in total. The van der Waals surface area contributed by atoms with Gasteiger partial charge in [0, 0.05) is 19.2 Å². The molecule has 1 aromatic rings. The maximum absolute atomic E-state index is 11.8. The second-order valence-electron chi connectivity index (χ2n) is 2.98. The molecule has 0 amide bonds. The minimum Gasteiger partial charge on any atom is -0.390 e. The lowest BCUT2D eigenvalue weighted by atomic mass is 10.3. The molecule has 0 spiro atoms. The van der Waals surface area contributed by atoms with Crippen molar-refractivity contribution >= 4 is 0 Å². The van der Waals surface area contributed by atoms with Crippen molar-refractivity contribution in [3.8, 4) is 0 Å². The highest BCUT2D eigenvalue weighted by Gasteiger charge is 2.25. The van der Waals surface area contributed by atoms with Crippen molar-refractivity contribution in [2.45, 2.75) is 32.2 Å². The van der Waals surface area contributed by atoms with Gasteiger partial charge in [-0.15, -0.1) is 0 Å². The zero-order chi connectivity index (χ0) is 10.6. The van der Waals surface area contributed by atoms with Crippen LogP contribution in [0.1, 0.15) is 18.5 Å². The van der Waals surface area contributed by atoms with Crippen LogP contribution in [-0.2, 0) is 13.2 Å². The van der Waals surface area contributed by atoms with Crippen molar-refractivity contribution < 1.29 is 18.3 Å². The molecular formula is C8H11F3N2O. The van der Waals surface area contributed by atoms with Gasteiger partial charge in [0.15, 0.2) is 0 Å². The molecule has 0 saturated heterocycles. The van der Waals surface area contributed by atoms with E-state index < -0.39 is 12.6 Å². The zero-order valence-electron chi connectivity index (χ0n) is 7.46. The molecule has 1 rings (SSSR count). The average molecular weight is 208 g/mol. The van der Waals surface area contributed by atoms with Crippen LogP contribution in [0.25, 0.3) is 0 Å². The Morgan fingerprint density at radius 3 is 2.64 bits per heavy atom. The Kier molecular flexibility index (Phi) is 3.51. The molecule has 0 aliphatic rings. The smallest absolute Gasteiger partial charge is 0.389 e. The third-order valence-corrected chi connectivity index (χ3v) is 1.73. The number of halogens is 3. The van der Waals surface area contributed by atoms with Crippen molar-refractivity contribution in [3.63, 3.8) is 0 Å². The standard InChI is InChI=1S/C8H11F3N2O/c9-8(10,11)2-1-3-13-4-7(5-14)12-6-13/h4,6,14H,1-3,5H2. The summed E-state index contributed by atoms with van der Waals surface area (Å²) in [6, 6.07) is 0. The summed E-state index contributed by atoms with van der Waals surface area (Å²) in [5, 5.41) is 8.65. The van der Waals surface area contributed by atoms with Crippen molar-refractivity contribution in [2.75, 3.05) is 0 Å². The third-order valence-electron chi connectivity index (χ3n) is 1.73. The van der Waals surface area contributed by atoms with Crippen LogP contribution >= 0.6 is 0 Å². The number of aryl methyl sites for hydroxylation is 1. The van der Waals surface area contributed by atoms with Gasteiger partial charge in [-0.05, 0) is 6.42 Å². The normalized spacial score (nSPS) is 12.0. The molecule has 14 heavy (non-hydrogen) atoms. The van der Waals surface area contributed by atoms with Crippen LogP contribution in [0.2, 0.25) is 0 Å². The molecule has 0 aromatic carbocycles. The summed E-state index contributed by atoms with van der Waals surface area (Å²) in [6.07, 6.45) is -1.90. The lowest BCUT2D eigenvalue weighted by Crippen LogP contribution is -2.08. The first-order valence-electron chi connectivity index (χ1n) is 4.19. The molecule has 0 saturated carbocycles. The van der Waals surface area contributed by atoms with Crippen molar-refractivity contribution in [2.24, 2.45) is 0 Å². The van der Waals surface area contributed by atoms with Crippen LogP contribution in [0.15, 0.2) is 12.5 Å². The molecule has 0 unspecified atom stereocenters. The van der Waals surface area contributed by atoms with Gasteiger partial charge < -0.3 is 9.67 Å². The predicted octanol–water partition coefficient (Wildman–Crippen LogP) is 1.72. The maximum atomic E-state index is 11.8. The highest BCUT2D eigenvalue weighted by Crippen LogP contribution is 2.21. The molecule has 80 valence electrons. The number of aliphatic hydroxyl groups is 1. The quantitative estimate of drug-likeness (QED) is 0.818. The summed E-state index contributed by atoms with van der Waals surface area (Å²) >= 11 is 0. The van der Waals surface area contributed by atoms with E-state index >= 15 is 0 Å². The van der Waals surface area contributed by atoms with E-state index in [1.54, 1.807) is 0 Å². The van der Waals surface area contributed by atoms with Gasteiger partial charge in [-0.1, -0.05) is 0 Å². The number of rotatable bonds is 4. The minimum atomic E-state index is -4.10. The Hall–Kier alpha value is -1.04. The van der Waals surface area contributed by atoms with Crippen LogP contribution in [0.3, 0.4) is 0 Å². The number of nitrogens with zero attached hydrogens (tertiary/aromatic N) is 2. The van der Waals surface area contributed by atoms with E-state index in [0.717, 1.165) is 0 Å². The Bertz CT molecular complexity index is 282. The first kappa shape index (κ1) is 11.0. The summed E-state index contributed by atoms with van der Waals surface area (Å²) in [4.78, 5) is 3.78. The Morgan fingerprint density at radius 2 is 2.14 bits per heavy atom. The predicted molar refractivity (Wildman–Crippen MR) is 43.4 cm³/mol. The zero-order valence-corrected chi connectivity index (χ0v) is 7.46. The molecule has 0 atom stereocenters. The summed E-state index contributed by atoms with van der Waals surface area (Å²) < 4.78 is 36.8. The number of hydrogen-bond donors (Lipinski definition) is 1. The molecule has 1 aromatic heterocycles. The minimum absolute atomic E-state index is 0.0325. The molecule has 0 aliphatic heterocycles. The van der Waals surface area contributed by atoms with Crippen molar-refractivity contribution in [1.29, 1.82) is 0 Å². The third kappa shape index (κ3) is 3.78. The summed E-state index contributed by atoms with van der Waals surface area (Å²) in [7, 11) is 0. The molecule has 1 heterocycles. The fraction of sp³-hybridized carbons (Fsp3) is 0.625. The second kappa shape index (κ2) is 4.45. The lowest BCUT2D eigenvalue weighted by Gasteiger charge is -2.05. The maximum Gasteiger partial charge on any atom is 0.389 e. The van der Waals surface area contributed by atoms with Crippen LogP contribution in [0.4, 0.5) is 13.2 Å². The van der Waals surface area contributed by atoms with Gasteiger partial charge in [0.25, 0.3) is 0 Å². The van der Waals surface area contributed by atoms with Gasteiger partial charge in [0.1, 0.15) is 0 Å². The summed E-state index contributed by atoms with van der Waals surface area (Å²) in [5.74, 6) is 0. The van der Waals surface area contributed by atoms with E-state index in [9.17, 15) is 13.2 Å². The van der Waals surface area contributed by atoms with E-state index in [2.05, 4.69) is 4.98 Å². The Morgan fingerprint density at radius 1 is 1.43 bits per heavy atom. The van der Waals surface area contributed by atoms with Gasteiger partial charge in [-0.25, -0.2) is 4.98 Å². The molecule has 0 aliphatic carbocycles. The largest absolute Gasteiger partial charge is 0.390 e. The average Bonchev–Trinajstić information content (AvgIpc) is 2.50. The molecule has 1 N–H and O–H groups in total. The van der Waals surface area contributed by atoms with Gasteiger partial charge in [-0.3, -0.25) is 0 Å². The fourth-order valence-electron chi connectivity index (χ4n) is 1.07. The van der Waals surface area contributed by atoms with Gasteiger partial charge in [0.2, 0.25) is 0 Å². The van der Waals surface area contributed by atoms with E-state index in [4.69, 9.17) is 5.11 Å². The van der Waals surface area contributed by atoms with Gasteiger partial charge in [0.05, 0.1) is 18.6 Å². The Balaban J connectivity index is 2.31. The number of hydrogen-bond acceptors (Lipinski definition) is 2. The van der Waals surface area contributed by atoms with E-state index in [-0.39, 0.29) is 19.6 Å². The van der Waals surface area contributed by atoms with E-state index in [0.29, 0.717) is 5.69 Å². The number of alkyl halides is 3. The SMILES string of the molecule is OCc1cn(CCCC(F)(F)F)cn1. The Labute approximate surface area is 79.2 Å². The second-order valence-corrected chi connectivity index (χ2v) is 2.98. The number of imidazole rings is 1. The molecule has 0 fully saturated rings. The van der Waals surface area contributed by atoms with Gasteiger partial charge in [-0.2, -0.15) is 13.2 Å². The first-order chi connectivity index (χ1) is 6.51. The van der Waals surface area contributed by atoms with E-state index in [1.807, 2.05) is 0 Å². The molecule has 6 heteroatoms. The molecule has 0 radical (unpaired) electrons. The number of aromatic nitrogens is 2. The van der Waals surface area contributed by atoms with E-state index in [1.165, 1.54) is 17.1 Å². The fourth-order valence-corrected chi connectivity index (χ4v) is 1.07. The summed E-state index contributed by atoms with van der Waals surface area (Å²) in [5.41, 5.74) is 0.469. The van der Waals surface area contributed by atoms with Crippen LogP contribution in [-0.4, -0.2) is 20.8 Å². The van der Waals surface area contributed by atoms with Crippen LogP contribution < -0.4 is 0 Å². The highest BCUT2D eigenvalue weighted by molar-refractivity contribution is 4.93. The number of aliphatic hydroxyl groups excluding tert-OH is 1. The molecular weight excluding hydrogens is 197 g/mol. The van der Waals surface area contributed by atoms with Crippen LogP contribution in [0.5, 0.6) is 0 Å². The first-order valence-corrected chi connectivity index (χ1v) is 4.19. The lowest BCUT2D eigenvalue weighted by molar-refractivity contribution is -0.135. The summed E-state index contributed by atoms with van der Waals surface area (Å²) in [6.45, 7) is 0.0821. The highest BCUT2D eigenvalue weighted by atomic mass is 19.4. The van der Waals surface area contributed by atoms with Crippen molar-refractivity contribution in [1.82, 2.24) is 9.55 Å².